The van der Waals surface area contributed by atoms with Gasteiger partial charge in [0.1, 0.15) is 0 Å². The molecule has 2 amide bonds. The molecule has 2 saturated heterocycles. The molecule has 0 spiro atoms. The van der Waals surface area contributed by atoms with Crippen LogP contribution in [0.25, 0.3) is 0 Å². The fourth-order valence-electron chi connectivity index (χ4n) is 5.80. The van der Waals surface area contributed by atoms with Crippen molar-refractivity contribution in [2.24, 2.45) is 23.5 Å². The van der Waals surface area contributed by atoms with Crippen LogP contribution in [0.4, 0.5) is 0 Å². The van der Waals surface area contributed by atoms with Crippen LogP contribution in [0.15, 0.2) is 0 Å². The second-order valence-electron chi connectivity index (χ2n) is 9.87. The average molecular weight is 390 g/mol. The average Bonchev–Trinajstić information content (AvgIpc) is 3.58. The maximum absolute atomic E-state index is 13.1. The third-order valence-electron chi connectivity index (χ3n) is 7.67. The highest BCUT2D eigenvalue weighted by atomic mass is 16.2. The second kappa shape index (κ2) is 7.26. The van der Waals surface area contributed by atoms with Gasteiger partial charge in [0.05, 0.1) is 18.2 Å². The Morgan fingerprint density at radius 2 is 1.61 bits per heavy atom. The number of nitrogens with zero attached hydrogens (tertiary/aromatic N) is 2. The van der Waals surface area contributed by atoms with E-state index in [1.165, 1.54) is 0 Å². The van der Waals surface area contributed by atoms with E-state index in [4.69, 9.17) is 5.73 Å². The topological polar surface area (TPSA) is 90.7 Å². The van der Waals surface area contributed by atoms with Gasteiger partial charge in [-0.05, 0) is 57.8 Å². The standard InChI is InChI=1S/C21H35N5O2/c1-12-11-25(20(27)13-2-3-13)18-8-15(16-9-24-19(22)10-23-16)6-7-17(18)26(12)21(28)14-4-5-14/h12-19,23-24H,2-11,22H2,1H3/t12-,15?,16?,17?,18?,19?/m0/s1. The van der Waals surface area contributed by atoms with Gasteiger partial charge in [-0.25, -0.2) is 0 Å². The summed E-state index contributed by atoms with van der Waals surface area (Å²) >= 11 is 0. The normalized spacial score (nSPS) is 41.5. The maximum atomic E-state index is 13.1. The molecule has 3 saturated carbocycles. The summed E-state index contributed by atoms with van der Waals surface area (Å²) in [7, 11) is 0. The summed E-state index contributed by atoms with van der Waals surface area (Å²) in [5.74, 6) is 1.71. The summed E-state index contributed by atoms with van der Waals surface area (Å²) in [6.07, 6.45) is 7.33. The van der Waals surface area contributed by atoms with E-state index < -0.39 is 0 Å². The summed E-state index contributed by atoms with van der Waals surface area (Å²) in [6.45, 7) is 4.54. The molecule has 0 radical (unpaired) electrons. The molecule has 4 N–H and O–H groups in total. The minimum Gasteiger partial charge on any atom is -0.335 e. The largest absolute Gasteiger partial charge is 0.335 e. The first-order valence-electron chi connectivity index (χ1n) is 11.4. The number of piperazine rings is 2. The van der Waals surface area contributed by atoms with Gasteiger partial charge >= 0.3 is 0 Å². The molecule has 2 aliphatic heterocycles. The smallest absolute Gasteiger partial charge is 0.226 e. The summed E-state index contributed by atoms with van der Waals surface area (Å²) in [6, 6.07) is 0.935. The number of nitrogens with two attached hydrogens (primary N) is 1. The van der Waals surface area contributed by atoms with E-state index in [0.717, 1.165) is 58.0 Å². The van der Waals surface area contributed by atoms with Crippen LogP contribution in [0.1, 0.15) is 51.9 Å². The zero-order valence-corrected chi connectivity index (χ0v) is 17.0. The molecule has 2 heterocycles. The summed E-state index contributed by atoms with van der Waals surface area (Å²) in [5, 5.41) is 7.00. The van der Waals surface area contributed by atoms with Crippen molar-refractivity contribution in [1.29, 1.82) is 0 Å². The third kappa shape index (κ3) is 3.46. The number of amides is 2. The van der Waals surface area contributed by atoms with Crippen molar-refractivity contribution < 1.29 is 9.59 Å². The monoisotopic (exact) mass is 389 g/mol. The van der Waals surface area contributed by atoms with Gasteiger partial charge in [-0.1, -0.05) is 0 Å². The van der Waals surface area contributed by atoms with E-state index in [0.29, 0.717) is 30.3 Å². The molecule has 7 heteroatoms. The summed E-state index contributed by atoms with van der Waals surface area (Å²) in [5.41, 5.74) is 5.97. The van der Waals surface area contributed by atoms with Gasteiger partial charge in [0.25, 0.3) is 0 Å². The van der Waals surface area contributed by atoms with Crippen LogP contribution in [-0.2, 0) is 9.59 Å². The van der Waals surface area contributed by atoms with E-state index >= 15 is 0 Å². The Labute approximate surface area is 167 Å². The number of carbonyl (C=O) groups excluding carboxylic acids is 2. The lowest BCUT2D eigenvalue weighted by Gasteiger charge is -2.55. The van der Waals surface area contributed by atoms with Crippen LogP contribution >= 0.6 is 0 Å². The highest BCUT2D eigenvalue weighted by Crippen LogP contribution is 2.42. The third-order valence-corrected chi connectivity index (χ3v) is 7.67. The van der Waals surface area contributed by atoms with Crippen LogP contribution in [0.5, 0.6) is 0 Å². The quantitative estimate of drug-likeness (QED) is 0.644. The molecule has 7 nitrogen and oxygen atoms in total. The van der Waals surface area contributed by atoms with Crippen LogP contribution in [0, 0.1) is 17.8 Å². The Hall–Kier alpha value is -1.18. The Bertz CT molecular complexity index is 626. The Kier molecular flexibility index (Phi) is 4.88. The molecular formula is C21H35N5O2. The molecule has 156 valence electrons. The Morgan fingerprint density at radius 3 is 2.25 bits per heavy atom. The van der Waals surface area contributed by atoms with Crippen molar-refractivity contribution in [3.05, 3.63) is 0 Å². The SMILES string of the molecule is C[C@H]1CN(C(=O)C2CC2)C2CC(C3CNC(N)CN3)CCC2N1C(=O)C1CC1. The molecule has 5 rings (SSSR count). The lowest BCUT2D eigenvalue weighted by atomic mass is 9.75. The molecule has 5 fully saturated rings. The minimum atomic E-state index is 0.0303. The fraction of sp³-hybridized carbons (Fsp3) is 0.905. The predicted octanol–water partition coefficient (Wildman–Crippen LogP) is 0.249. The molecule has 0 aromatic carbocycles. The lowest BCUT2D eigenvalue weighted by molar-refractivity contribution is -0.157. The minimum absolute atomic E-state index is 0.0303. The first-order valence-corrected chi connectivity index (χ1v) is 11.4. The van der Waals surface area contributed by atoms with E-state index in [9.17, 15) is 9.59 Å². The number of fused-ring (bicyclic) bond motifs is 1. The van der Waals surface area contributed by atoms with E-state index in [1.807, 2.05) is 0 Å². The second-order valence-corrected chi connectivity index (χ2v) is 9.87. The first kappa shape index (κ1) is 18.8. The zero-order chi connectivity index (χ0) is 19.4. The van der Waals surface area contributed by atoms with Crippen LogP contribution in [0.2, 0.25) is 0 Å². The highest BCUT2D eigenvalue weighted by molar-refractivity contribution is 5.84. The zero-order valence-electron chi connectivity index (χ0n) is 17.0. The highest BCUT2D eigenvalue weighted by Gasteiger charge is 2.51. The number of hydrogen-bond acceptors (Lipinski definition) is 5. The van der Waals surface area contributed by atoms with Gasteiger partial charge in [0.15, 0.2) is 0 Å². The molecule has 28 heavy (non-hydrogen) atoms. The molecule has 0 aromatic heterocycles. The molecular weight excluding hydrogens is 354 g/mol. The van der Waals surface area contributed by atoms with Gasteiger partial charge in [0.2, 0.25) is 11.8 Å². The summed E-state index contributed by atoms with van der Waals surface area (Å²) < 4.78 is 0. The van der Waals surface area contributed by atoms with Crippen molar-refractivity contribution in [2.75, 3.05) is 19.6 Å². The van der Waals surface area contributed by atoms with Crippen molar-refractivity contribution in [3.63, 3.8) is 0 Å². The number of rotatable bonds is 3. The maximum Gasteiger partial charge on any atom is 0.226 e. The van der Waals surface area contributed by atoms with E-state index in [2.05, 4.69) is 27.4 Å². The number of nitrogens with one attached hydrogen (secondary N) is 2. The van der Waals surface area contributed by atoms with Crippen molar-refractivity contribution in [3.8, 4) is 0 Å². The Balaban J connectivity index is 1.36. The fourth-order valence-corrected chi connectivity index (χ4v) is 5.80. The molecule has 5 unspecified atom stereocenters. The summed E-state index contributed by atoms with van der Waals surface area (Å²) in [4.78, 5) is 30.5. The predicted molar refractivity (Wildman–Crippen MR) is 106 cm³/mol. The van der Waals surface area contributed by atoms with Gasteiger partial charge < -0.3 is 20.9 Å². The molecule has 6 atom stereocenters. The van der Waals surface area contributed by atoms with Gasteiger partial charge in [-0.2, -0.15) is 0 Å². The van der Waals surface area contributed by atoms with Crippen LogP contribution in [0.3, 0.4) is 0 Å². The van der Waals surface area contributed by atoms with Crippen molar-refractivity contribution >= 4 is 11.8 Å². The first-order chi connectivity index (χ1) is 13.5. The van der Waals surface area contributed by atoms with Crippen molar-refractivity contribution in [2.45, 2.75) is 82.2 Å². The lowest BCUT2D eigenvalue weighted by Crippen LogP contribution is -2.69. The van der Waals surface area contributed by atoms with Crippen molar-refractivity contribution in [1.82, 2.24) is 20.4 Å². The van der Waals surface area contributed by atoms with Crippen LogP contribution < -0.4 is 16.4 Å². The number of hydrogen-bond donors (Lipinski definition) is 3. The van der Waals surface area contributed by atoms with Gasteiger partial charge in [-0.15, -0.1) is 0 Å². The molecule has 0 bridgehead atoms. The van der Waals surface area contributed by atoms with E-state index in [1.54, 1.807) is 0 Å². The van der Waals surface area contributed by atoms with Crippen LogP contribution in [-0.4, -0.2) is 71.6 Å². The van der Waals surface area contributed by atoms with E-state index in [-0.39, 0.29) is 36.1 Å². The Morgan fingerprint density at radius 1 is 0.893 bits per heavy atom. The van der Waals surface area contributed by atoms with Gasteiger partial charge in [0, 0.05) is 43.6 Å². The van der Waals surface area contributed by atoms with Gasteiger partial charge in [-0.3, -0.25) is 14.9 Å². The molecule has 0 aromatic rings. The molecule has 3 aliphatic carbocycles. The molecule has 5 aliphatic rings. The number of carbonyl (C=O) groups is 2.